The second kappa shape index (κ2) is 44.4. The summed E-state index contributed by atoms with van der Waals surface area (Å²) >= 11 is 0. The summed E-state index contributed by atoms with van der Waals surface area (Å²) in [5, 5.41) is 14.4. The van der Waals surface area contributed by atoms with Crippen molar-refractivity contribution < 1.29 is 92.8 Å². The third-order valence-corrected chi connectivity index (χ3v) is 18.6. The normalized spacial score (nSPS) is 13.2. The SMILES string of the molecule is C1=Cc2ccccc2C1.C=C(C)C(=O)OC(C)(CC)CC.C=C(C)C(=O)OC1C(=O)OCC1C.C=CC(=O)OC(C(F)(F)F)C(F)(F)S(=O)(=O)[O-].C=Cc1ccc(O)cc1.C=Cc1ccc(OC(=O)c2ccccc2)cc1.C=Cc1ccc2cc(O)ccc2c1.c1ccc([S+](c2ccccc2)c2ccccc2)cc1. The molecule has 0 aromatic heterocycles. The van der Waals surface area contributed by atoms with E-state index in [1.807, 2.05) is 81.4 Å². The topological polar surface area (TPSA) is 229 Å². The molecule has 0 radical (unpaired) electrons. The fraction of sp³-hybridized carbons (Fsp3) is 0.184. The van der Waals surface area contributed by atoms with Crippen LogP contribution in [0.15, 0.2) is 308 Å². The molecule has 9 aromatic rings. The maximum atomic E-state index is 12.7. The van der Waals surface area contributed by atoms with Gasteiger partial charge in [0.25, 0.3) is 6.10 Å². The molecule has 0 amide bonds. The lowest BCUT2D eigenvalue weighted by Gasteiger charge is -2.29. The molecular weight excluding hydrogens is 1440 g/mol. The smallest absolute Gasteiger partial charge is 0.432 e. The minimum Gasteiger partial charge on any atom is -0.743 e. The Balaban J connectivity index is 0.000000266. The quantitative estimate of drug-likeness (QED) is 0.0155. The standard InChI is InChI=1S/C18H15S.C15H12O2.C12H10O.C10H18O2.C9H12O4.C9H8.C8H8O.C6H5F5O5S/c1-4-10-16(11-5-1)19(17-12-6-2-7-13-17)18-14-8-3-9-15-18;1-2-12-8-10-14(11-9-12)17-15(16)13-6-4-3-5-7-13;1-2-9-3-4-11-8-12(13)6-5-10(11)7-9;1-6-10(5,7-2)12-9(11)8(3)4;1-5(2)8(10)13-7-6(3)4-12-9(7)11;1-2-5-9-7-3-6-8(9)4-1;1-2-7-3-5-8(9)6-4-7;1-2-3(12)16-4(5(7,8)9)6(10,11)17(13,14)15/h1-15H;2-11H,1H2;2-8,13H,1H2;3,6-7H2,1-2,4-5H3;6-7H,1,4H2,2-3H3;1-6H,7H2;2-6,9H,1H2;2,4H,1H2,(H,13,14,15)/q+1;;;;;;;/p-1. The highest BCUT2D eigenvalue weighted by Gasteiger charge is 2.62. The molecule has 9 aromatic carbocycles. The molecule has 22 heteroatoms. The number of rotatable bonds is 18. The predicted octanol–water partition coefficient (Wildman–Crippen LogP) is 19.9. The second-order valence-corrected chi connectivity index (χ2v) is 27.5. The molecule has 1 fully saturated rings. The maximum absolute atomic E-state index is 12.7. The first kappa shape index (κ1) is 89.7. The van der Waals surface area contributed by atoms with Crippen LogP contribution in [0.25, 0.3) is 35.1 Å². The number of phenolic OH excluding ortho intramolecular Hbond substituents is 2. The minimum atomic E-state index is -6.65. The Morgan fingerprint density at radius 2 is 1.06 bits per heavy atom. The van der Waals surface area contributed by atoms with Gasteiger partial charge in [0, 0.05) is 23.1 Å². The van der Waals surface area contributed by atoms with Crippen molar-refractivity contribution in [2.24, 2.45) is 5.92 Å². The van der Waals surface area contributed by atoms with Crippen LogP contribution in [0.3, 0.4) is 0 Å². The van der Waals surface area contributed by atoms with Gasteiger partial charge in [-0.1, -0.05) is 230 Å². The Hall–Kier alpha value is -11.7. The van der Waals surface area contributed by atoms with Crippen molar-refractivity contribution in [3.05, 3.63) is 327 Å². The lowest BCUT2D eigenvalue weighted by atomic mass is 10.00. The molecule has 572 valence electrons. The molecule has 1 aliphatic heterocycles. The number of hydrogen-bond donors (Lipinski definition) is 2. The van der Waals surface area contributed by atoms with Crippen molar-refractivity contribution in [1.82, 2.24) is 0 Å². The predicted molar refractivity (Wildman–Crippen MR) is 418 cm³/mol. The number of fused-ring (bicyclic) bond motifs is 2. The van der Waals surface area contributed by atoms with Gasteiger partial charge in [-0.2, -0.15) is 22.0 Å². The molecule has 1 heterocycles. The molecule has 11 rings (SSSR count). The Morgan fingerprint density at radius 3 is 1.49 bits per heavy atom. The third kappa shape index (κ3) is 30.2. The fourth-order valence-electron chi connectivity index (χ4n) is 9.00. The number of ether oxygens (including phenoxy) is 5. The molecule has 0 bridgehead atoms. The lowest BCUT2D eigenvalue weighted by molar-refractivity contribution is -0.257. The number of alkyl halides is 5. The van der Waals surface area contributed by atoms with Crippen molar-refractivity contribution in [2.45, 2.75) is 105 Å². The van der Waals surface area contributed by atoms with E-state index in [0.29, 0.717) is 35.0 Å². The number of esters is 5. The fourth-order valence-corrected chi connectivity index (χ4v) is 11.5. The van der Waals surface area contributed by atoms with Crippen molar-refractivity contribution >= 4 is 85.9 Å². The first-order chi connectivity index (χ1) is 51.6. The molecule has 1 aliphatic carbocycles. The number of carbonyl (C=O) groups excluding carboxylic acids is 5. The van der Waals surface area contributed by atoms with E-state index >= 15 is 0 Å². The molecule has 15 nitrogen and oxygen atoms in total. The number of cyclic esters (lactones) is 1. The van der Waals surface area contributed by atoms with Gasteiger partial charge >= 0.3 is 41.3 Å². The van der Waals surface area contributed by atoms with E-state index in [1.165, 1.54) is 32.7 Å². The molecule has 0 spiro atoms. The highest BCUT2D eigenvalue weighted by atomic mass is 32.2. The Morgan fingerprint density at radius 1 is 0.615 bits per heavy atom. The van der Waals surface area contributed by atoms with Gasteiger partial charge in [-0.3, -0.25) is 0 Å². The van der Waals surface area contributed by atoms with Crippen LogP contribution in [0.2, 0.25) is 0 Å². The lowest BCUT2D eigenvalue weighted by Crippen LogP contribution is -2.52. The molecule has 1 saturated heterocycles. The van der Waals surface area contributed by atoms with Crippen LogP contribution >= 0.6 is 0 Å². The van der Waals surface area contributed by atoms with Crippen LogP contribution in [0, 0.1) is 5.92 Å². The summed E-state index contributed by atoms with van der Waals surface area (Å²) < 4.78 is 115. The number of halogens is 5. The summed E-state index contributed by atoms with van der Waals surface area (Å²) in [6.45, 7) is 31.8. The van der Waals surface area contributed by atoms with Gasteiger partial charge in [0.2, 0.25) is 6.10 Å². The van der Waals surface area contributed by atoms with Crippen LogP contribution in [0.5, 0.6) is 17.2 Å². The molecule has 109 heavy (non-hydrogen) atoms. The summed E-state index contributed by atoms with van der Waals surface area (Å²) in [5.41, 5.74) is 6.91. The molecule has 3 unspecified atom stereocenters. The van der Waals surface area contributed by atoms with Crippen molar-refractivity contribution in [3.8, 4) is 17.2 Å². The number of aromatic hydroxyl groups is 2. The molecule has 0 saturated carbocycles. The highest BCUT2D eigenvalue weighted by molar-refractivity contribution is 7.97. The summed E-state index contributed by atoms with van der Waals surface area (Å²) in [6, 6.07) is 75.0. The van der Waals surface area contributed by atoms with Gasteiger partial charge in [0.15, 0.2) is 24.8 Å². The Labute approximate surface area is 636 Å². The number of hydrogen-bond acceptors (Lipinski definition) is 15. The van der Waals surface area contributed by atoms with Gasteiger partial charge in [-0.25, -0.2) is 32.4 Å². The summed E-state index contributed by atoms with van der Waals surface area (Å²) in [6.07, 6.45) is 1.48. The Bertz CT molecular complexity index is 4530. The van der Waals surface area contributed by atoms with E-state index in [-0.39, 0.29) is 46.0 Å². The zero-order valence-corrected chi connectivity index (χ0v) is 62.7. The zero-order valence-electron chi connectivity index (χ0n) is 61.1. The van der Waals surface area contributed by atoms with E-state index in [9.17, 15) is 64.0 Å². The number of allylic oxidation sites excluding steroid dienone is 1. The first-order valence-corrected chi connectivity index (χ1v) is 36.3. The Kier molecular flexibility index (Phi) is 36.5. The van der Waals surface area contributed by atoms with Crippen molar-refractivity contribution in [1.29, 1.82) is 0 Å². The van der Waals surface area contributed by atoms with Crippen molar-refractivity contribution in [3.63, 3.8) is 0 Å². The molecule has 2 N–H and O–H groups in total. The molecular formula is C87H87F5O15S2. The summed E-state index contributed by atoms with van der Waals surface area (Å²) in [5.74, 6) is -2.55. The number of carbonyl (C=O) groups is 5. The third-order valence-electron chi connectivity index (χ3n) is 15.5. The van der Waals surface area contributed by atoms with E-state index < -0.39 is 51.7 Å². The van der Waals surface area contributed by atoms with Crippen LogP contribution < -0.4 is 4.74 Å². The van der Waals surface area contributed by atoms with Crippen LogP contribution in [0.1, 0.15) is 92.6 Å². The van der Waals surface area contributed by atoms with E-state index in [1.54, 1.807) is 86.7 Å². The van der Waals surface area contributed by atoms with E-state index in [0.717, 1.165) is 46.7 Å². The maximum Gasteiger partial charge on any atom is 0.432 e. The summed E-state index contributed by atoms with van der Waals surface area (Å²) in [7, 11) is -6.67. The first-order valence-electron chi connectivity index (χ1n) is 33.7. The highest BCUT2D eigenvalue weighted by Crippen LogP contribution is 2.38. The van der Waals surface area contributed by atoms with Crippen LogP contribution in [-0.4, -0.2) is 88.9 Å². The number of benzene rings is 9. The van der Waals surface area contributed by atoms with E-state index in [4.69, 9.17) is 24.1 Å². The van der Waals surface area contributed by atoms with E-state index in [2.05, 4.69) is 172 Å². The monoisotopic (exact) mass is 1530 g/mol. The van der Waals surface area contributed by atoms with Crippen LogP contribution in [-0.2, 0) is 65.6 Å². The van der Waals surface area contributed by atoms with Gasteiger partial charge in [0.05, 0.1) is 23.1 Å². The molecule has 3 atom stereocenters. The van der Waals surface area contributed by atoms with Gasteiger partial charge in [-0.05, 0) is 170 Å². The largest absolute Gasteiger partial charge is 0.743 e. The summed E-state index contributed by atoms with van der Waals surface area (Å²) in [4.78, 5) is 59.4. The van der Waals surface area contributed by atoms with Gasteiger partial charge < -0.3 is 38.5 Å². The average Bonchev–Trinajstić information content (AvgIpc) is 1.68. The average molecular weight is 1530 g/mol. The van der Waals surface area contributed by atoms with Crippen LogP contribution in [0.4, 0.5) is 22.0 Å². The zero-order chi connectivity index (χ0) is 80.9. The molecule has 2 aliphatic rings. The minimum absolute atomic E-state index is 0.0146. The number of phenols is 2. The van der Waals surface area contributed by atoms with Gasteiger partial charge in [0.1, 0.15) is 22.8 Å². The van der Waals surface area contributed by atoms with Crippen molar-refractivity contribution in [2.75, 3.05) is 6.61 Å². The second-order valence-electron chi connectivity index (χ2n) is 24.0. The van der Waals surface area contributed by atoms with Gasteiger partial charge in [-0.15, -0.1) is 0 Å².